The van der Waals surface area contributed by atoms with Gasteiger partial charge in [0.2, 0.25) is 0 Å². The summed E-state index contributed by atoms with van der Waals surface area (Å²) >= 11 is 0. The highest BCUT2D eigenvalue weighted by Gasteiger charge is 2.05. The molecule has 0 aliphatic rings. The number of aromatic nitrogens is 2. The third-order valence-electron chi connectivity index (χ3n) is 2.67. The highest BCUT2D eigenvalue weighted by molar-refractivity contribution is 5.64. The molecule has 1 aromatic carbocycles. The zero-order valence-corrected chi connectivity index (χ0v) is 9.46. The molecule has 0 spiro atoms. The molecule has 0 unspecified atom stereocenters. The van der Waals surface area contributed by atoms with Crippen LogP contribution in [0.1, 0.15) is 23.7 Å². The van der Waals surface area contributed by atoms with Crippen molar-refractivity contribution in [1.82, 2.24) is 10.2 Å². The first kappa shape index (κ1) is 9.97. The molecule has 0 amide bonds. The first-order chi connectivity index (χ1) is 7.20. The average molecular weight is 200 g/mol. The van der Waals surface area contributed by atoms with E-state index in [-0.39, 0.29) is 0 Å². The summed E-state index contributed by atoms with van der Waals surface area (Å²) in [5.74, 6) is 0. The van der Waals surface area contributed by atoms with Gasteiger partial charge in [-0.05, 0) is 31.9 Å². The highest BCUT2D eigenvalue weighted by Crippen LogP contribution is 2.22. The van der Waals surface area contributed by atoms with Crippen molar-refractivity contribution in [3.63, 3.8) is 0 Å². The Morgan fingerprint density at radius 2 is 2.00 bits per heavy atom. The van der Waals surface area contributed by atoms with E-state index in [9.17, 15) is 0 Å². The number of benzene rings is 1. The molecule has 2 heteroatoms. The molecule has 2 rings (SSSR count). The fraction of sp³-hybridized carbons (Fsp3) is 0.308. The Hall–Kier alpha value is -1.57. The SMILES string of the molecule is CCc1cc(-c2ccc(C)cc2C)n[nH]1. The van der Waals surface area contributed by atoms with E-state index in [0.717, 1.165) is 12.1 Å². The fourth-order valence-electron chi connectivity index (χ4n) is 1.78. The third kappa shape index (κ3) is 1.94. The standard InChI is InChI=1S/C13H16N2/c1-4-11-8-13(15-14-11)12-6-5-9(2)7-10(12)3/h5-8H,4H2,1-3H3,(H,14,15). The van der Waals surface area contributed by atoms with Gasteiger partial charge in [-0.3, -0.25) is 5.10 Å². The lowest BCUT2D eigenvalue weighted by molar-refractivity contribution is 0.976. The van der Waals surface area contributed by atoms with Crippen LogP contribution in [0.3, 0.4) is 0 Å². The predicted molar refractivity (Wildman–Crippen MR) is 62.9 cm³/mol. The van der Waals surface area contributed by atoms with Crippen LogP contribution in [0.5, 0.6) is 0 Å². The summed E-state index contributed by atoms with van der Waals surface area (Å²) in [6, 6.07) is 8.58. The van der Waals surface area contributed by atoms with Crippen molar-refractivity contribution in [2.24, 2.45) is 0 Å². The van der Waals surface area contributed by atoms with Crippen molar-refractivity contribution in [2.45, 2.75) is 27.2 Å². The van der Waals surface area contributed by atoms with Gasteiger partial charge in [-0.2, -0.15) is 5.10 Å². The van der Waals surface area contributed by atoms with Gasteiger partial charge in [0, 0.05) is 11.3 Å². The molecule has 0 fully saturated rings. The monoisotopic (exact) mass is 200 g/mol. The second kappa shape index (κ2) is 3.89. The van der Waals surface area contributed by atoms with Gasteiger partial charge in [0.15, 0.2) is 0 Å². The number of nitrogens with one attached hydrogen (secondary N) is 1. The molecule has 0 saturated heterocycles. The van der Waals surface area contributed by atoms with Gasteiger partial charge in [-0.1, -0.05) is 30.7 Å². The van der Waals surface area contributed by atoms with E-state index in [1.165, 1.54) is 22.4 Å². The molecular formula is C13H16N2. The van der Waals surface area contributed by atoms with E-state index in [0.29, 0.717) is 0 Å². The number of nitrogens with zero attached hydrogens (tertiary/aromatic N) is 1. The molecule has 1 heterocycles. The van der Waals surface area contributed by atoms with Gasteiger partial charge in [0.25, 0.3) is 0 Å². The minimum atomic E-state index is 0.998. The normalized spacial score (nSPS) is 10.6. The lowest BCUT2D eigenvalue weighted by Crippen LogP contribution is -1.84. The second-order valence-corrected chi connectivity index (χ2v) is 3.95. The van der Waals surface area contributed by atoms with Crippen LogP contribution in [0.4, 0.5) is 0 Å². The van der Waals surface area contributed by atoms with Gasteiger partial charge in [-0.25, -0.2) is 0 Å². The van der Waals surface area contributed by atoms with Crippen LogP contribution in [0.25, 0.3) is 11.3 Å². The van der Waals surface area contributed by atoms with Crippen molar-refractivity contribution >= 4 is 0 Å². The van der Waals surface area contributed by atoms with Gasteiger partial charge in [0.05, 0.1) is 5.69 Å². The zero-order chi connectivity index (χ0) is 10.8. The van der Waals surface area contributed by atoms with Gasteiger partial charge < -0.3 is 0 Å². The number of rotatable bonds is 2. The number of aryl methyl sites for hydroxylation is 3. The summed E-state index contributed by atoms with van der Waals surface area (Å²) < 4.78 is 0. The molecule has 1 aromatic heterocycles. The lowest BCUT2D eigenvalue weighted by atomic mass is 10.0. The van der Waals surface area contributed by atoms with Crippen LogP contribution < -0.4 is 0 Å². The van der Waals surface area contributed by atoms with Crippen molar-refractivity contribution < 1.29 is 0 Å². The number of H-pyrrole nitrogens is 1. The summed E-state index contributed by atoms with van der Waals surface area (Å²) in [6.07, 6.45) is 0.998. The first-order valence-corrected chi connectivity index (χ1v) is 5.32. The van der Waals surface area contributed by atoms with Crippen LogP contribution in [0.2, 0.25) is 0 Å². The maximum absolute atomic E-state index is 4.32. The van der Waals surface area contributed by atoms with Gasteiger partial charge in [-0.15, -0.1) is 0 Å². The molecule has 78 valence electrons. The summed E-state index contributed by atoms with van der Waals surface area (Å²) in [5.41, 5.74) is 6.03. The zero-order valence-electron chi connectivity index (χ0n) is 9.46. The Bertz CT molecular complexity index is 469. The van der Waals surface area contributed by atoms with E-state index in [1.54, 1.807) is 0 Å². The van der Waals surface area contributed by atoms with E-state index in [1.807, 2.05) is 0 Å². The van der Waals surface area contributed by atoms with Crippen molar-refractivity contribution in [2.75, 3.05) is 0 Å². The molecule has 0 saturated carbocycles. The van der Waals surface area contributed by atoms with Crippen LogP contribution in [-0.2, 0) is 6.42 Å². The first-order valence-electron chi connectivity index (χ1n) is 5.32. The molecular weight excluding hydrogens is 184 g/mol. The van der Waals surface area contributed by atoms with E-state index < -0.39 is 0 Å². The van der Waals surface area contributed by atoms with Crippen molar-refractivity contribution in [1.29, 1.82) is 0 Å². The molecule has 15 heavy (non-hydrogen) atoms. The molecule has 0 atom stereocenters. The molecule has 1 N–H and O–H groups in total. The summed E-state index contributed by atoms with van der Waals surface area (Å²) in [4.78, 5) is 0. The van der Waals surface area contributed by atoms with Crippen LogP contribution in [-0.4, -0.2) is 10.2 Å². The van der Waals surface area contributed by atoms with Crippen LogP contribution >= 0.6 is 0 Å². The van der Waals surface area contributed by atoms with Crippen molar-refractivity contribution in [3.05, 3.63) is 41.1 Å². The maximum Gasteiger partial charge on any atom is 0.0926 e. The Labute approximate surface area is 90.3 Å². The Kier molecular flexibility index (Phi) is 2.58. The van der Waals surface area contributed by atoms with Crippen LogP contribution in [0.15, 0.2) is 24.3 Å². The Morgan fingerprint density at radius 1 is 1.20 bits per heavy atom. The minimum Gasteiger partial charge on any atom is -0.282 e. The smallest absolute Gasteiger partial charge is 0.0926 e. The molecule has 2 aromatic rings. The van der Waals surface area contributed by atoms with E-state index >= 15 is 0 Å². The molecule has 0 radical (unpaired) electrons. The fourth-order valence-corrected chi connectivity index (χ4v) is 1.78. The molecule has 2 nitrogen and oxygen atoms in total. The highest BCUT2D eigenvalue weighted by atomic mass is 15.1. The van der Waals surface area contributed by atoms with Crippen LogP contribution in [0, 0.1) is 13.8 Å². The van der Waals surface area contributed by atoms with E-state index in [2.05, 4.69) is 55.2 Å². The molecule has 0 aliphatic carbocycles. The summed E-state index contributed by atoms with van der Waals surface area (Å²) in [6.45, 7) is 6.36. The topological polar surface area (TPSA) is 28.7 Å². The maximum atomic E-state index is 4.32. The largest absolute Gasteiger partial charge is 0.282 e. The Morgan fingerprint density at radius 3 is 2.60 bits per heavy atom. The summed E-state index contributed by atoms with van der Waals surface area (Å²) in [7, 11) is 0. The number of aromatic amines is 1. The average Bonchev–Trinajstić information content (AvgIpc) is 2.66. The van der Waals surface area contributed by atoms with Gasteiger partial charge >= 0.3 is 0 Å². The lowest BCUT2D eigenvalue weighted by Gasteiger charge is -2.02. The number of hydrogen-bond acceptors (Lipinski definition) is 1. The second-order valence-electron chi connectivity index (χ2n) is 3.95. The Balaban J connectivity index is 2.44. The van der Waals surface area contributed by atoms with E-state index in [4.69, 9.17) is 0 Å². The molecule has 0 bridgehead atoms. The quantitative estimate of drug-likeness (QED) is 0.792. The molecule has 0 aliphatic heterocycles. The third-order valence-corrected chi connectivity index (χ3v) is 2.67. The minimum absolute atomic E-state index is 0.998. The number of hydrogen-bond donors (Lipinski definition) is 1. The predicted octanol–water partition coefficient (Wildman–Crippen LogP) is 3.26. The summed E-state index contributed by atoms with van der Waals surface area (Å²) in [5, 5.41) is 7.37. The van der Waals surface area contributed by atoms with Gasteiger partial charge in [0.1, 0.15) is 0 Å². The van der Waals surface area contributed by atoms with Crippen molar-refractivity contribution in [3.8, 4) is 11.3 Å².